The lowest BCUT2D eigenvalue weighted by molar-refractivity contribution is -0.385. The Hall–Kier alpha value is -1.42. The van der Waals surface area contributed by atoms with Crippen molar-refractivity contribution in [1.82, 2.24) is 5.32 Å². The number of hydrogen-bond donors (Lipinski definition) is 1. The average molecular weight is 262 g/mol. The van der Waals surface area contributed by atoms with Gasteiger partial charge in [-0.05, 0) is 37.2 Å². The highest BCUT2D eigenvalue weighted by molar-refractivity contribution is 5.44. The van der Waals surface area contributed by atoms with Gasteiger partial charge in [0.25, 0.3) is 5.69 Å². The first-order valence-electron chi connectivity index (χ1n) is 6.97. The van der Waals surface area contributed by atoms with Crippen molar-refractivity contribution in [2.45, 2.75) is 46.2 Å². The van der Waals surface area contributed by atoms with Gasteiger partial charge in [0.05, 0.1) is 4.92 Å². The first kappa shape index (κ1) is 14.0. The molecule has 1 aromatic rings. The molecule has 3 atom stereocenters. The summed E-state index contributed by atoms with van der Waals surface area (Å²) in [4.78, 5) is 10.6. The van der Waals surface area contributed by atoms with Crippen molar-refractivity contribution in [3.05, 3.63) is 39.4 Å². The standard InChI is InChI=1S/C15H22N2O2/c1-10-7-8-14(11(10)2)16-9-13-5-4-6-15(12(13)3)17(18)19/h4-6,10-11,14,16H,7-9H2,1-3H3. The van der Waals surface area contributed by atoms with Crippen LogP contribution in [0.25, 0.3) is 0 Å². The monoisotopic (exact) mass is 262 g/mol. The first-order valence-corrected chi connectivity index (χ1v) is 6.97. The lowest BCUT2D eigenvalue weighted by Gasteiger charge is -2.20. The third kappa shape index (κ3) is 2.95. The van der Waals surface area contributed by atoms with E-state index in [0.29, 0.717) is 12.0 Å². The molecule has 4 nitrogen and oxygen atoms in total. The smallest absolute Gasteiger partial charge is 0.272 e. The summed E-state index contributed by atoms with van der Waals surface area (Å²) < 4.78 is 0. The number of benzene rings is 1. The normalized spacial score (nSPS) is 26.6. The summed E-state index contributed by atoms with van der Waals surface area (Å²) in [6, 6.07) is 5.84. The summed E-state index contributed by atoms with van der Waals surface area (Å²) in [6.45, 7) is 7.13. The van der Waals surface area contributed by atoms with Crippen molar-refractivity contribution in [2.24, 2.45) is 11.8 Å². The van der Waals surface area contributed by atoms with Gasteiger partial charge in [-0.2, -0.15) is 0 Å². The molecule has 19 heavy (non-hydrogen) atoms. The number of nitrogens with zero attached hydrogens (tertiary/aromatic N) is 1. The second-order valence-electron chi connectivity index (χ2n) is 5.72. The summed E-state index contributed by atoms with van der Waals surface area (Å²) >= 11 is 0. The van der Waals surface area contributed by atoms with Crippen LogP contribution in [0.2, 0.25) is 0 Å². The van der Waals surface area contributed by atoms with Gasteiger partial charge in [0.2, 0.25) is 0 Å². The number of rotatable bonds is 4. The summed E-state index contributed by atoms with van der Waals surface area (Å²) in [7, 11) is 0. The molecule has 1 fully saturated rings. The van der Waals surface area contributed by atoms with Crippen molar-refractivity contribution in [3.8, 4) is 0 Å². The summed E-state index contributed by atoms with van der Waals surface area (Å²) in [6.07, 6.45) is 2.48. The number of hydrogen-bond acceptors (Lipinski definition) is 3. The Morgan fingerprint density at radius 1 is 1.37 bits per heavy atom. The number of nitrogens with one attached hydrogen (secondary N) is 1. The van der Waals surface area contributed by atoms with E-state index in [4.69, 9.17) is 0 Å². The minimum Gasteiger partial charge on any atom is -0.310 e. The third-order valence-electron chi connectivity index (χ3n) is 4.63. The molecule has 0 aliphatic heterocycles. The van der Waals surface area contributed by atoms with Crippen molar-refractivity contribution in [3.63, 3.8) is 0 Å². The van der Waals surface area contributed by atoms with Crippen LogP contribution in [0.1, 0.15) is 37.8 Å². The molecule has 0 heterocycles. The lowest BCUT2D eigenvalue weighted by Crippen LogP contribution is -2.32. The molecule has 0 saturated heterocycles. The van der Waals surface area contributed by atoms with Gasteiger partial charge in [0, 0.05) is 24.2 Å². The van der Waals surface area contributed by atoms with E-state index in [1.54, 1.807) is 12.1 Å². The lowest BCUT2D eigenvalue weighted by atomic mass is 9.97. The zero-order valence-electron chi connectivity index (χ0n) is 11.8. The highest BCUT2D eigenvalue weighted by Gasteiger charge is 2.29. The van der Waals surface area contributed by atoms with Gasteiger partial charge in [-0.3, -0.25) is 10.1 Å². The van der Waals surface area contributed by atoms with E-state index in [0.717, 1.165) is 23.6 Å². The van der Waals surface area contributed by atoms with Crippen LogP contribution in [0.4, 0.5) is 5.69 Å². The van der Waals surface area contributed by atoms with E-state index >= 15 is 0 Å². The van der Waals surface area contributed by atoms with Crippen LogP contribution in [0.15, 0.2) is 18.2 Å². The predicted octanol–water partition coefficient (Wildman–Crippen LogP) is 3.43. The van der Waals surface area contributed by atoms with Crippen molar-refractivity contribution < 1.29 is 4.92 Å². The van der Waals surface area contributed by atoms with E-state index in [2.05, 4.69) is 19.2 Å². The molecule has 0 radical (unpaired) electrons. The molecular weight excluding hydrogens is 240 g/mol. The fraction of sp³-hybridized carbons (Fsp3) is 0.600. The van der Waals surface area contributed by atoms with Crippen molar-refractivity contribution in [2.75, 3.05) is 0 Å². The molecule has 0 bridgehead atoms. The largest absolute Gasteiger partial charge is 0.310 e. The predicted molar refractivity (Wildman–Crippen MR) is 76.0 cm³/mol. The SMILES string of the molecule is Cc1c(CNC2CCC(C)C2C)cccc1[N+](=O)[O-]. The van der Waals surface area contributed by atoms with E-state index in [9.17, 15) is 10.1 Å². The molecule has 0 spiro atoms. The highest BCUT2D eigenvalue weighted by atomic mass is 16.6. The molecule has 0 aromatic heterocycles. The molecule has 104 valence electrons. The second-order valence-corrected chi connectivity index (χ2v) is 5.72. The Labute approximate surface area is 114 Å². The Morgan fingerprint density at radius 3 is 2.68 bits per heavy atom. The van der Waals surface area contributed by atoms with Crippen LogP contribution in [0.3, 0.4) is 0 Å². The molecular formula is C15H22N2O2. The minimum atomic E-state index is -0.306. The summed E-state index contributed by atoms with van der Waals surface area (Å²) in [5.41, 5.74) is 2.02. The van der Waals surface area contributed by atoms with Crippen LogP contribution < -0.4 is 5.32 Å². The van der Waals surface area contributed by atoms with Crippen molar-refractivity contribution >= 4 is 5.69 Å². The van der Waals surface area contributed by atoms with Gasteiger partial charge in [-0.25, -0.2) is 0 Å². The van der Waals surface area contributed by atoms with Crippen LogP contribution >= 0.6 is 0 Å². The first-order chi connectivity index (χ1) is 9.00. The van der Waals surface area contributed by atoms with Crippen LogP contribution in [0, 0.1) is 28.9 Å². The summed E-state index contributed by atoms with van der Waals surface area (Å²) in [5, 5.41) is 14.5. The molecule has 3 unspecified atom stereocenters. The van der Waals surface area contributed by atoms with Crippen LogP contribution in [0.5, 0.6) is 0 Å². The Bertz CT molecular complexity index is 473. The van der Waals surface area contributed by atoms with Crippen molar-refractivity contribution in [1.29, 1.82) is 0 Å². The zero-order valence-corrected chi connectivity index (χ0v) is 11.8. The van der Waals surface area contributed by atoms with Gasteiger partial charge in [0.15, 0.2) is 0 Å². The van der Waals surface area contributed by atoms with Crippen LogP contribution in [-0.4, -0.2) is 11.0 Å². The fourth-order valence-corrected chi connectivity index (χ4v) is 2.95. The van der Waals surface area contributed by atoms with Gasteiger partial charge in [-0.15, -0.1) is 0 Å². The third-order valence-corrected chi connectivity index (χ3v) is 4.63. The average Bonchev–Trinajstić information content (AvgIpc) is 2.68. The zero-order chi connectivity index (χ0) is 14.0. The molecule has 1 saturated carbocycles. The quantitative estimate of drug-likeness (QED) is 0.668. The Balaban J connectivity index is 2.04. The molecule has 1 aliphatic rings. The van der Waals surface area contributed by atoms with Gasteiger partial charge in [0.1, 0.15) is 0 Å². The maximum absolute atomic E-state index is 10.9. The van der Waals surface area contributed by atoms with E-state index in [-0.39, 0.29) is 10.6 Å². The second kappa shape index (κ2) is 5.70. The molecule has 4 heteroatoms. The number of nitro benzene ring substituents is 1. The maximum atomic E-state index is 10.9. The molecule has 1 aromatic carbocycles. The fourth-order valence-electron chi connectivity index (χ4n) is 2.95. The van der Waals surface area contributed by atoms with Gasteiger partial charge >= 0.3 is 0 Å². The Kier molecular flexibility index (Phi) is 4.20. The van der Waals surface area contributed by atoms with E-state index in [1.807, 2.05) is 13.0 Å². The molecule has 1 N–H and O–H groups in total. The van der Waals surface area contributed by atoms with E-state index < -0.39 is 0 Å². The van der Waals surface area contributed by atoms with Gasteiger partial charge < -0.3 is 5.32 Å². The minimum absolute atomic E-state index is 0.215. The molecule has 0 amide bonds. The Morgan fingerprint density at radius 2 is 2.11 bits per heavy atom. The maximum Gasteiger partial charge on any atom is 0.272 e. The van der Waals surface area contributed by atoms with Crippen LogP contribution in [-0.2, 0) is 6.54 Å². The topological polar surface area (TPSA) is 55.2 Å². The summed E-state index contributed by atoms with van der Waals surface area (Å²) in [5.74, 6) is 1.45. The van der Waals surface area contributed by atoms with E-state index in [1.165, 1.54) is 12.8 Å². The molecule has 2 rings (SSSR count). The number of nitro groups is 1. The van der Waals surface area contributed by atoms with Gasteiger partial charge in [-0.1, -0.05) is 26.0 Å². The highest BCUT2D eigenvalue weighted by Crippen LogP contribution is 2.31. The molecule has 1 aliphatic carbocycles.